The van der Waals surface area contributed by atoms with Gasteiger partial charge in [0.05, 0.1) is 6.10 Å². The highest BCUT2D eigenvalue weighted by Crippen LogP contribution is 2.20. The number of carbonyl (C=O) groups is 1. The van der Waals surface area contributed by atoms with Crippen molar-refractivity contribution in [1.29, 1.82) is 0 Å². The zero-order valence-electron chi connectivity index (χ0n) is 10.1. The van der Waals surface area contributed by atoms with Crippen molar-refractivity contribution in [2.24, 2.45) is 5.92 Å². The van der Waals surface area contributed by atoms with E-state index in [4.69, 9.17) is 9.84 Å². The monoisotopic (exact) mass is 239 g/mol. The highest BCUT2D eigenvalue weighted by atomic mass is 16.5. The SMILES string of the molecule is O=C(O)C1CCC(CNCC2CC=CCC2)O1. The molecule has 3 unspecified atom stereocenters. The lowest BCUT2D eigenvalue weighted by molar-refractivity contribution is -0.149. The van der Waals surface area contributed by atoms with Crippen LogP contribution in [0.5, 0.6) is 0 Å². The Morgan fingerprint density at radius 3 is 2.82 bits per heavy atom. The van der Waals surface area contributed by atoms with Crippen molar-refractivity contribution in [2.45, 2.75) is 44.3 Å². The van der Waals surface area contributed by atoms with Gasteiger partial charge in [-0.1, -0.05) is 12.2 Å². The second kappa shape index (κ2) is 6.17. The van der Waals surface area contributed by atoms with E-state index in [2.05, 4.69) is 17.5 Å². The van der Waals surface area contributed by atoms with Crippen LogP contribution in [0, 0.1) is 5.92 Å². The number of hydrogen-bond donors (Lipinski definition) is 2. The van der Waals surface area contributed by atoms with Crippen LogP contribution in [0.2, 0.25) is 0 Å². The van der Waals surface area contributed by atoms with E-state index in [0.717, 1.165) is 31.8 Å². The van der Waals surface area contributed by atoms with Crippen LogP contribution >= 0.6 is 0 Å². The Balaban J connectivity index is 1.59. The summed E-state index contributed by atoms with van der Waals surface area (Å²) in [6.07, 6.45) is 9.10. The van der Waals surface area contributed by atoms with E-state index in [-0.39, 0.29) is 6.10 Å². The smallest absolute Gasteiger partial charge is 0.332 e. The van der Waals surface area contributed by atoms with Crippen molar-refractivity contribution >= 4 is 5.97 Å². The first kappa shape index (κ1) is 12.6. The number of hydrogen-bond acceptors (Lipinski definition) is 3. The van der Waals surface area contributed by atoms with Gasteiger partial charge in [-0.3, -0.25) is 0 Å². The normalized spacial score (nSPS) is 32.8. The molecule has 2 aliphatic rings. The molecule has 3 atom stereocenters. The first-order valence-electron chi connectivity index (χ1n) is 6.49. The number of ether oxygens (including phenoxy) is 1. The Labute approximate surface area is 102 Å². The van der Waals surface area contributed by atoms with Crippen LogP contribution in [0.15, 0.2) is 12.2 Å². The van der Waals surface area contributed by atoms with Crippen LogP contribution < -0.4 is 5.32 Å². The molecule has 0 aromatic heterocycles. The highest BCUT2D eigenvalue weighted by molar-refractivity contribution is 5.72. The molecule has 1 heterocycles. The molecule has 0 bridgehead atoms. The number of rotatable bonds is 5. The van der Waals surface area contributed by atoms with Gasteiger partial charge >= 0.3 is 5.97 Å². The molecule has 0 spiro atoms. The predicted molar refractivity (Wildman–Crippen MR) is 64.9 cm³/mol. The topological polar surface area (TPSA) is 58.6 Å². The molecule has 2 rings (SSSR count). The van der Waals surface area contributed by atoms with Crippen LogP contribution in [-0.2, 0) is 9.53 Å². The molecular formula is C13H21NO3. The lowest BCUT2D eigenvalue weighted by atomic mass is 9.94. The Morgan fingerprint density at radius 1 is 1.29 bits per heavy atom. The van der Waals surface area contributed by atoms with Crippen molar-refractivity contribution in [3.8, 4) is 0 Å². The molecule has 17 heavy (non-hydrogen) atoms. The molecule has 0 saturated carbocycles. The Morgan fingerprint density at radius 2 is 2.18 bits per heavy atom. The third-order valence-corrected chi connectivity index (χ3v) is 3.57. The van der Waals surface area contributed by atoms with E-state index in [1.165, 1.54) is 12.8 Å². The van der Waals surface area contributed by atoms with Crippen molar-refractivity contribution in [2.75, 3.05) is 13.1 Å². The molecule has 0 aromatic rings. The van der Waals surface area contributed by atoms with Crippen LogP contribution in [0.25, 0.3) is 0 Å². The van der Waals surface area contributed by atoms with E-state index in [9.17, 15) is 4.79 Å². The molecule has 0 amide bonds. The second-order valence-electron chi connectivity index (χ2n) is 4.97. The summed E-state index contributed by atoms with van der Waals surface area (Å²) in [6.45, 7) is 1.80. The Hall–Kier alpha value is -0.870. The molecule has 0 aromatic carbocycles. The quantitative estimate of drug-likeness (QED) is 0.715. The minimum atomic E-state index is -0.829. The van der Waals surface area contributed by atoms with Gasteiger partial charge in [-0.05, 0) is 44.6 Å². The van der Waals surface area contributed by atoms with E-state index in [0.29, 0.717) is 6.42 Å². The Kier molecular flexibility index (Phi) is 4.57. The number of nitrogens with one attached hydrogen (secondary N) is 1. The van der Waals surface area contributed by atoms with Crippen LogP contribution in [0.3, 0.4) is 0 Å². The zero-order valence-corrected chi connectivity index (χ0v) is 10.1. The lowest BCUT2D eigenvalue weighted by Crippen LogP contribution is -2.32. The van der Waals surface area contributed by atoms with Gasteiger partial charge in [-0.15, -0.1) is 0 Å². The molecule has 1 saturated heterocycles. The average Bonchev–Trinajstić information content (AvgIpc) is 2.79. The van der Waals surface area contributed by atoms with Crippen LogP contribution in [0.4, 0.5) is 0 Å². The second-order valence-corrected chi connectivity index (χ2v) is 4.97. The summed E-state index contributed by atoms with van der Waals surface area (Å²) in [4.78, 5) is 10.7. The summed E-state index contributed by atoms with van der Waals surface area (Å²) >= 11 is 0. The van der Waals surface area contributed by atoms with Gasteiger partial charge in [-0.2, -0.15) is 0 Å². The molecule has 1 aliphatic carbocycles. The number of allylic oxidation sites excluding steroid dienone is 2. The van der Waals surface area contributed by atoms with Gasteiger partial charge in [0.15, 0.2) is 6.10 Å². The maximum atomic E-state index is 10.7. The van der Waals surface area contributed by atoms with Crippen molar-refractivity contribution in [3.63, 3.8) is 0 Å². The molecule has 2 N–H and O–H groups in total. The van der Waals surface area contributed by atoms with Gasteiger partial charge in [0.1, 0.15) is 0 Å². The number of aliphatic carboxylic acids is 1. The largest absolute Gasteiger partial charge is 0.479 e. The molecular weight excluding hydrogens is 218 g/mol. The van der Waals surface area contributed by atoms with Gasteiger partial charge in [0, 0.05) is 6.54 Å². The minimum absolute atomic E-state index is 0.0789. The van der Waals surface area contributed by atoms with Crippen molar-refractivity contribution in [3.05, 3.63) is 12.2 Å². The van der Waals surface area contributed by atoms with Crippen LogP contribution in [0.1, 0.15) is 32.1 Å². The van der Waals surface area contributed by atoms with E-state index >= 15 is 0 Å². The maximum Gasteiger partial charge on any atom is 0.332 e. The van der Waals surface area contributed by atoms with Gasteiger partial charge in [0.2, 0.25) is 0 Å². The molecule has 1 aliphatic heterocycles. The molecule has 4 nitrogen and oxygen atoms in total. The number of carboxylic acids is 1. The summed E-state index contributed by atoms with van der Waals surface area (Å²) in [7, 11) is 0. The maximum absolute atomic E-state index is 10.7. The summed E-state index contributed by atoms with van der Waals surface area (Å²) in [5.41, 5.74) is 0. The molecule has 1 fully saturated rings. The predicted octanol–water partition coefficient (Wildman–Crippen LogP) is 1.56. The molecule has 0 radical (unpaired) electrons. The summed E-state index contributed by atoms with van der Waals surface area (Å²) in [6, 6.07) is 0. The summed E-state index contributed by atoms with van der Waals surface area (Å²) in [5.74, 6) is -0.0957. The van der Waals surface area contributed by atoms with E-state index < -0.39 is 12.1 Å². The molecule has 96 valence electrons. The Bertz CT molecular complexity index is 290. The van der Waals surface area contributed by atoms with E-state index in [1.807, 2.05) is 0 Å². The van der Waals surface area contributed by atoms with Gasteiger partial charge < -0.3 is 15.2 Å². The van der Waals surface area contributed by atoms with Crippen molar-refractivity contribution in [1.82, 2.24) is 5.32 Å². The fraction of sp³-hybridized carbons (Fsp3) is 0.769. The average molecular weight is 239 g/mol. The van der Waals surface area contributed by atoms with Crippen LogP contribution in [-0.4, -0.2) is 36.4 Å². The van der Waals surface area contributed by atoms with Gasteiger partial charge in [-0.25, -0.2) is 4.79 Å². The third-order valence-electron chi connectivity index (χ3n) is 3.57. The first-order valence-corrected chi connectivity index (χ1v) is 6.49. The fourth-order valence-electron chi connectivity index (χ4n) is 2.53. The van der Waals surface area contributed by atoms with Crippen molar-refractivity contribution < 1.29 is 14.6 Å². The fourth-order valence-corrected chi connectivity index (χ4v) is 2.53. The van der Waals surface area contributed by atoms with E-state index in [1.54, 1.807) is 0 Å². The lowest BCUT2D eigenvalue weighted by Gasteiger charge is -2.19. The molecule has 4 heteroatoms. The summed E-state index contributed by atoms with van der Waals surface area (Å²) < 4.78 is 5.44. The highest BCUT2D eigenvalue weighted by Gasteiger charge is 2.30. The number of carboxylic acid groups (broad SMARTS) is 1. The minimum Gasteiger partial charge on any atom is -0.479 e. The zero-order chi connectivity index (χ0) is 12.1. The third kappa shape index (κ3) is 3.82. The van der Waals surface area contributed by atoms with Gasteiger partial charge in [0.25, 0.3) is 0 Å². The first-order chi connectivity index (χ1) is 8.25. The summed E-state index contributed by atoms with van der Waals surface area (Å²) in [5, 5.41) is 12.2. The standard InChI is InChI=1S/C13H21NO3/c15-13(16)12-7-6-11(17-12)9-14-8-10-4-2-1-3-5-10/h1-2,10-12,14H,3-9H2,(H,15,16).